The van der Waals surface area contributed by atoms with Crippen LogP contribution in [0.5, 0.6) is 0 Å². The summed E-state index contributed by atoms with van der Waals surface area (Å²) in [5.41, 5.74) is 0. The predicted molar refractivity (Wildman–Crippen MR) is 23.3 cm³/mol. The SMILES string of the molecule is C=CCOC=O.[H-].[Rb+]. The van der Waals surface area contributed by atoms with Gasteiger partial charge in [-0.05, 0) is 0 Å². The summed E-state index contributed by atoms with van der Waals surface area (Å²) in [4.78, 5) is 9.29. The van der Waals surface area contributed by atoms with Gasteiger partial charge in [-0.3, -0.25) is 4.79 Å². The molecule has 0 aliphatic rings. The maximum Gasteiger partial charge on any atom is 1.00 e. The summed E-state index contributed by atoms with van der Waals surface area (Å²) < 4.78 is 4.18. The molecule has 0 radical (unpaired) electrons. The minimum absolute atomic E-state index is 0. The molecule has 0 aliphatic carbocycles. The van der Waals surface area contributed by atoms with E-state index in [1.165, 1.54) is 6.08 Å². The van der Waals surface area contributed by atoms with Crippen molar-refractivity contribution in [1.82, 2.24) is 0 Å². The summed E-state index contributed by atoms with van der Waals surface area (Å²) >= 11 is 0. The Labute approximate surface area is 93.2 Å². The fourth-order valence-corrected chi connectivity index (χ4v) is 0.107. The van der Waals surface area contributed by atoms with Crippen molar-refractivity contribution in [3.63, 3.8) is 0 Å². The van der Waals surface area contributed by atoms with Crippen molar-refractivity contribution >= 4 is 6.47 Å². The van der Waals surface area contributed by atoms with Gasteiger partial charge >= 0.3 is 58.2 Å². The van der Waals surface area contributed by atoms with Gasteiger partial charge in [0.15, 0.2) is 0 Å². The average molecular weight is 173 g/mol. The number of carbonyl (C=O) groups is 1. The zero-order valence-corrected chi connectivity index (χ0v) is 9.30. The molecule has 0 unspecified atom stereocenters. The van der Waals surface area contributed by atoms with E-state index in [1.807, 2.05) is 0 Å². The Balaban J connectivity index is -0.000000125. The van der Waals surface area contributed by atoms with Gasteiger partial charge in [0.25, 0.3) is 6.47 Å². The van der Waals surface area contributed by atoms with Crippen molar-refractivity contribution < 1.29 is 69.1 Å². The van der Waals surface area contributed by atoms with E-state index >= 15 is 0 Å². The van der Waals surface area contributed by atoms with Gasteiger partial charge in [0.05, 0.1) is 0 Å². The Morgan fingerprint density at radius 1 is 1.86 bits per heavy atom. The molecule has 0 aliphatic heterocycles. The molecule has 0 aromatic heterocycles. The van der Waals surface area contributed by atoms with Crippen molar-refractivity contribution in [2.45, 2.75) is 0 Å². The molecule has 0 N–H and O–H groups in total. The van der Waals surface area contributed by atoms with E-state index in [2.05, 4.69) is 11.3 Å². The zero-order valence-electron chi connectivity index (χ0n) is 5.39. The van der Waals surface area contributed by atoms with Crippen molar-refractivity contribution in [3.8, 4) is 0 Å². The molecule has 0 atom stereocenters. The van der Waals surface area contributed by atoms with Crippen LogP contribution in [0.1, 0.15) is 1.43 Å². The first kappa shape index (κ1) is 10.9. The first-order chi connectivity index (χ1) is 2.91. The summed E-state index contributed by atoms with van der Waals surface area (Å²) in [5.74, 6) is 0. The molecule has 0 rings (SSSR count). The third-order valence-electron chi connectivity index (χ3n) is 0.282. The Hall–Kier alpha value is 1.02. The maximum atomic E-state index is 9.29. The molecule has 0 amide bonds. The van der Waals surface area contributed by atoms with E-state index in [-0.39, 0.29) is 59.6 Å². The summed E-state index contributed by atoms with van der Waals surface area (Å²) in [6, 6.07) is 0. The monoisotopic (exact) mass is 172 g/mol. The van der Waals surface area contributed by atoms with E-state index < -0.39 is 0 Å². The van der Waals surface area contributed by atoms with Gasteiger partial charge < -0.3 is 6.16 Å². The van der Waals surface area contributed by atoms with Crippen LogP contribution in [0.3, 0.4) is 0 Å². The number of rotatable bonds is 3. The van der Waals surface area contributed by atoms with Crippen molar-refractivity contribution in [3.05, 3.63) is 12.7 Å². The molecule has 36 valence electrons. The molecule has 0 spiro atoms. The molecule has 0 fully saturated rings. The van der Waals surface area contributed by atoms with E-state index in [4.69, 9.17) is 0 Å². The standard InChI is InChI=1S/C4H6O2.Rb.H/c1-2-3-6-4-5;;/h2,4H,1,3H2;;/q;+1;-1. The van der Waals surface area contributed by atoms with Crippen LogP contribution in [-0.2, 0) is 9.53 Å². The second-order valence-corrected chi connectivity index (χ2v) is 0.718. The second kappa shape index (κ2) is 10.1. The first-order valence-electron chi connectivity index (χ1n) is 1.58. The summed E-state index contributed by atoms with van der Waals surface area (Å²) in [6.45, 7) is 4.01. The van der Waals surface area contributed by atoms with E-state index in [9.17, 15) is 4.79 Å². The molecule has 0 saturated heterocycles. The van der Waals surface area contributed by atoms with Crippen LogP contribution in [0.15, 0.2) is 12.7 Å². The molecule has 0 heterocycles. The van der Waals surface area contributed by atoms with E-state index in [0.717, 1.165) is 0 Å². The predicted octanol–water partition coefficient (Wildman–Crippen LogP) is -2.54. The van der Waals surface area contributed by atoms with Crippen LogP contribution < -0.4 is 58.2 Å². The van der Waals surface area contributed by atoms with Gasteiger partial charge in [-0.15, -0.1) is 0 Å². The normalized spacial score (nSPS) is 5.71. The number of hydrogen-bond donors (Lipinski definition) is 0. The molecular weight excluding hydrogens is 166 g/mol. The fraction of sp³-hybridized carbons (Fsp3) is 0.250. The smallest absolute Gasteiger partial charge is 1.00 e. The molecule has 0 bridgehead atoms. The fourth-order valence-electron chi connectivity index (χ4n) is 0.107. The van der Waals surface area contributed by atoms with Crippen LogP contribution >= 0.6 is 0 Å². The van der Waals surface area contributed by atoms with E-state index in [0.29, 0.717) is 13.1 Å². The number of ether oxygens (including phenoxy) is 1. The van der Waals surface area contributed by atoms with Gasteiger partial charge in [0.1, 0.15) is 6.61 Å². The van der Waals surface area contributed by atoms with Crippen LogP contribution in [0, 0.1) is 0 Å². The average Bonchev–Trinajstić information content (AvgIpc) is 1.61. The van der Waals surface area contributed by atoms with E-state index in [1.54, 1.807) is 0 Å². The second-order valence-electron chi connectivity index (χ2n) is 0.718. The topological polar surface area (TPSA) is 26.3 Å². The Morgan fingerprint density at radius 3 is 2.57 bits per heavy atom. The van der Waals surface area contributed by atoms with Crippen LogP contribution in [-0.4, -0.2) is 13.1 Å². The molecule has 0 aromatic rings. The summed E-state index contributed by atoms with van der Waals surface area (Å²) in [6.07, 6.45) is 1.51. The van der Waals surface area contributed by atoms with Gasteiger partial charge in [0.2, 0.25) is 0 Å². The van der Waals surface area contributed by atoms with Gasteiger partial charge in [0, 0.05) is 0 Å². The zero-order chi connectivity index (χ0) is 4.83. The quantitative estimate of drug-likeness (QED) is 0.267. The largest absolute Gasteiger partial charge is 1.00 e. The third kappa shape index (κ3) is 10.9. The molecule has 2 nitrogen and oxygen atoms in total. The summed E-state index contributed by atoms with van der Waals surface area (Å²) in [7, 11) is 0. The minimum atomic E-state index is 0. The third-order valence-corrected chi connectivity index (χ3v) is 0.282. The molecule has 0 aromatic carbocycles. The molecule has 7 heavy (non-hydrogen) atoms. The van der Waals surface area contributed by atoms with Crippen molar-refractivity contribution in [2.75, 3.05) is 6.61 Å². The molecule has 0 saturated carbocycles. The van der Waals surface area contributed by atoms with Crippen LogP contribution in [0.2, 0.25) is 0 Å². The van der Waals surface area contributed by atoms with Crippen molar-refractivity contribution in [2.24, 2.45) is 0 Å². The summed E-state index contributed by atoms with van der Waals surface area (Å²) in [5, 5.41) is 0. The van der Waals surface area contributed by atoms with Crippen LogP contribution in [0.25, 0.3) is 0 Å². The minimum Gasteiger partial charge on any atom is -1.00 e. The van der Waals surface area contributed by atoms with Gasteiger partial charge in [-0.1, -0.05) is 12.7 Å². The Bertz CT molecular complexity index is 50.0. The Morgan fingerprint density at radius 2 is 2.43 bits per heavy atom. The van der Waals surface area contributed by atoms with Gasteiger partial charge in [-0.25, -0.2) is 0 Å². The Kier molecular flexibility index (Phi) is 15.7. The molecule has 3 heteroatoms. The maximum absolute atomic E-state index is 9.29. The number of hydrogen-bond acceptors (Lipinski definition) is 2. The molecular formula is C4H7O2Rb. The number of carbonyl (C=O) groups excluding carboxylic acids is 1. The van der Waals surface area contributed by atoms with Crippen molar-refractivity contribution in [1.29, 1.82) is 0 Å². The van der Waals surface area contributed by atoms with Crippen LogP contribution in [0.4, 0.5) is 0 Å². The first-order valence-corrected chi connectivity index (χ1v) is 1.58. The van der Waals surface area contributed by atoms with Gasteiger partial charge in [-0.2, -0.15) is 0 Å².